The fourth-order valence-electron chi connectivity index (χ4n) is 2.60. The summed E-state index contributed by atoms with van der Waals surface area (Å²) in [6.45, 7) is 3.77. The van der Waals surface area contributed by atoms with E-state index in [9.17, 15) is 0 Å². The monoisotopic (exact) mass is 193 g/mol. The number of hydrogen-bond acceptors (Lipinski definition) is 2. The molecule has 0 aromatic carbocycles. The van der Waals surface area contributed by atoms with Crippen molar-refractivity contribution in [3.8, 4) is 6.07 Å². The van der Waals surface area contributed by atoms with Gasteiger partial charge in [-0.15, -0.1) is 0 Å². The largest absolute Gasteiger partial charge is 0.380 e. The Morgan fingerprint density at radius 3 is 2.57 bits per heavy atom. The second-order valence-corrected chi connectivity index (χ2v) is 5.22. The molecule has 0 saturated heterocycles. The minimum Gasteiger partial charge on any atom is -0.380 e. The Bertz CT molecular complexity index is 233. The van der Waals surface area contributed by atoms with Crippen LogP contribution in [0.3, 0.4) is 0 Å². The highest BCUT2D eigenvalue weighted by Gasteiger charge is 2.42. The molecule has 0 radical (unpaired) electrons. The Balaban J connectivity index is 1.66. The van der Waals surface area contributed by atoms with Gasteiger partial charge in [0.15, 0.2) is 0 Å². The van der Waals surface area contributed by atoms with Crippen LogP contribution in [0, 0.1) is 28.6 Å². The highest BCUT2D eigenvalue weighted by Crippen LogP contribution is 2.45. The molecular formula is C12H19NO. The summed E-state index contributed by atoms with van der Waals surface area (Å²) in [4.78, 5) is 0. The molecule has 2 nitrogen and oxygen atoms in total. The standard InChI is InChI=1S/C12H19NO/c1-10-5-12(6-10,8-13)9-14-7-11-3-2-4-11/h10-11H,2-7,9H2,1H3. The summed E-state index contributed by atoms with van der Waals surface area (Å²) in [5, 5.41) is 9.06. The predicted molar refractivity (Wildman–Crippen MR) is 54.6 cm³/mol. The van der Waals surface area contributed by atoms with Gasteiger partial charge in [-0.2, -0.15) is 5.26 Å². The van der Waals surface area contributed by atoms with Crippen LogP contribution in [0.5, 0.6) is 0 Å². The molecule has 2 rings (SSSR count). The van der Waals surface area contributed by atoms with Gasteiger partial charge in [0.2, 0.25) is 0 Å². The molecule has 0 bridgehead atoms. The number of rotatable bonds is 4. The third-order valence-corrected chi connectivity index (χ3v) is 3.67. The fraction of sp³-hybridized carbons (Fsp3) is 0.917. The zero-order chi connectivity index (χ0) is 10.0. The lowest BCUT2D eigenvalue weighted by Gasteiger charge is -2.41. The van der Waals surface area contributed by atoms with Crippen LogP contribution in [-0.4, -0.2) is 13.2 Å². The number of nitriles is 1. The van der Waals surface area contributed by atoms with Crippen molar-refractivity contribution >= 4 is 0 Å². The minimum atomic E-state index is -0.122. The molecule has 78 valence electrons. The maximum Gasteiger partial charge on any atom is 0.0812 e. The third-order valence-electron chi connectivity index (χ3n) is 3.67. The van der Waals surface area contributed by atoms with Crippen molar-refractivity contribution in [2.75, 3.05) is 13.2 Å². The lowest BCUT2D eigenvalue weighted by Crippen LogP contribution is -2.39. The lowest BCUT2D eigenvalue weighted by molar-refractivity contribution is -0.0185. The number of ether oxygens (including phenoxy) is 1. The van der Waals surface area contributed by atoms with Crippen molar-refractivity contribution in [3.05, 3.63) is 0 Å². The molecule has 2 aliphatic rings. The summed E-state index contributed by atoms with van der Waals surface area (Å²) in [6.07, 6.45) is 6.10. The van der Waals surface area contributed by atoms with E-state index in [1.54, 1.807) is 0 Å². The van der Waals surface area contributed by atoms with Gasteiger partial charge in [0.05, 0.1) is 18.1 Å². The van der Waals surface area contributed by atoms with E-state index in [1.807, 2.05) is 0 Å². The van der Waals surface area contributed by atoms with Crippen molar-refractivity contribution in [1.82, 2.24) is 0 Å². The van der Waals surface area contributed by atoms with E-state index in [4.69, 9.17) is 10.00 Å². The summed E-state index contributed by atoms with van der Waals surface area (Å²) in [7, 11) is 0. The summed E-state index contributed by atoms with van der Waals surface area (Å²) >= 11 is 0. The highest BCUT2D eigenvalue weighted by molar-refractivity contribution is 5.07. The van der Waals surface area contributed by atoms with Crippen molar-refractivity contribution in [2.24, 2.45) is 17.3 Å². The quantitative estimate of drug-likeness (QED) is 0.687. The molecule has 2 aliphatic carbocycles. The van der Waals surface area contributed by atoms with Gasteiger partial charge in [-0.05, 0) is 37.5 Å². The minimum absolute atomic E-state index is 0.122. The first-order chi connectivity index (χ1) is 6.74. The van der Waals surface area contributed by atoms with E-state index in [0.717, 1.165) is 31.3 Å². The molecule has 0 amide bonds. The second-order valence-electron chi connectivity index (χ2n) is 5.22. The fourth-order valence-corrected chi connectivity index (χ4v) is 2.60. The molecule has 0 unspecified atom stereocenters. The average Bonchev–Trinajstić information content (AvgIpc) is 2.05. The van der Waals surface area contributed by atoms with Gasteiger partial charge in [0, 0.05) is 6.61 Å². The Morgan fingerprint density at radius 2 is 2.14 bits per heavy atom. The molecule has 0 heterocycles. The maximum atomic E-state index is 9.06. The molecule has 0 aromatic heterocycles. The molecule has 0 aromatic rings. The first-order valence-corrected chi connectivity index (χ1v) is 5.73. The topological polar surface area (TPSA) is 33.0 Å². The van der Waals surface area contributed by atoms with Crippen LogP contribution >= 0.6 is 0 Å². The van der Waals surface area contributed by atoms with Crippen molar-refractivity contribution in [1.29, 1.82) is 5.26 Å². The van der Waals surface area contributed by atoms with Crippen LogP contribution in [0.2, 0.25) is 0 Å². The first-order valence-electron chi connectivity index (χ1n) is 5.73. The molecule has 14 heavy (non-hydrogen) atoms. The third kappa shape index (κ3) is 1.93. The SMILES string of the molecule is CC1CC(C#N)(COCC2CCC2)C1. The normalized spacial score (nSPS) is 37.0. The van der Waals surface area contributed by atoms with Crippen LogP contribution in [0.4, 0.5) is 0 Å². The van der Waals surface area contributed by atoms with E-state index < -0.39 is 0 Å². The molecule has 2 heteroatoms. The molecule has 0 spiro atoms. The Labute approximate surface area is 86.2 Å². The van der Waals surface area contributed by atoms with Crippen molar-refractivity contribution in [2.45, 2.75) is 39.0 Å². The Kier molecular flexibility index (Phi) is 2.78. The molecular weight excluding hydrogens is 174 g/mol. The van der Waals surface area contributed by atoms with E-state index in [-0.39, 0.29) is 5.41 Å². The predicted octanol–water partition coefficient (Wildman–Crippen LogP) is 2.74. The van der Waals surface area contributed by atoms with Gasteiger partial charge in [-0.3, -0.25) is 0 Å². The number of nitrogens with zero attached hydrogens (tertiary/aromatic N) is 1. The zero-order valence-electron chi connectivity index (χ0n) is 8.96. The highest BCUT2D eigenvalue weighted by atomic mass is 16.5. The smallest absolute Gasteiger partial charge is 0.0812 e. The van der Waals surface area contributed by atoms with Gasteiger partial charge < -0.3 is 4.74 Å². The van der Waals surface area contributed by atoms with Crippen LogP contribution in [0.15, 0.2) is 0 Å². The summed E-state index contributed by atoms with van der Waals surface area (Å²) < 4.78 is 5.66. The van der Waals surface area contributed by atoms with Gasteiger partial charge in [-0.25, -0.2) is 0 Å². The Morgan fingerprint density at radius 1 is 1.43 bits per heavy atom. The average molecular weight is 193 g/mol. The van der Waals surface area contributed by atoms with Crippen LogP contribution in [0.1, 0.15) is 39.0 Å². The zero-order valence-corrected chi connectivity index (χ0v) is 8.96. The van der Waals surface area contributed by atoms with Crippen molar-refractivity contribution in [3.63, 3.8) is 0 Å². The van der Waals surface area contributed by atoms with E-state index in [2.05, 4.69) is 13.0 Å². The molecule has 0 atom stereocenters. The second kappa shape index (κ2) is 3.90. The van der Waals surface area contributed by atoms with E-state index in [0.29, 0.717) is 6.61 Å². The number of hydrogen-bond donors (Lipinski definition) is 0. The van der Waals surface area contributed by atoms with E-state index in [1.165, 1.54) is 19.3 Å². The van der Waals surface area contributed by atoms with Gasteiger partial charge in [0.1, 0.15) is 0 Å². The van der Waals surface area contributed by atoms with Crippen LogP contribution < -0.4 is 0 Å². The Hall–Kier alpha value is -0.550. The summed E-state index contributed by atoms with van der Waals surface area (Å²) in [5.74, 6) is 1.52. The van der Waals surface area contributed by atoms with E-state index >= 15 is 0 Å². The lowest BCUT2D eigenvalue weighted by atomic mass is 9.64. The summed E-state index contributed by atoms with van der Waals surface area (Å²) in [6, 6.07) is 2.43. The summed E-state index contributed by atoms with van der Waals surface area (Å²) in [5.41, 5.74) is -0.122. The molecule has 2 saturated carbocycles. The van der Waals surface area contributed by atoms with Gasteiger partial charge in [0.25, 0.3) is 0 Å². The molecule has 0 aliphatic heterocycles. The van der Waals surface area contributed by atoms with Crippen LogP contribution in [-0.2, 0) is 4.74 Å². The van der Waals surface area contributed by atoms with Crippen molar-refractivity contribution < 1.29 is 4.74 Å². The van der Waals surface area contributed by atoms with Gasteiger partial charge >= 0.3 is 0 Å². The molecule has 2 fully saturated rings. The van der Waals surface area contributed by atoms with Crippen LogP contribution in [0.25, 0.3) is 0 Å². The molecule has 0 N–H and O–H groups in total. The first kappa shape index (κ1) is 9.98. The maximum absolute atomic E-state index is 9.06. The van der Waals surface area contributed by atoms with Gasteiger partial charge in [-0.1, -0.05) is 13.3 Å².